The van der Waals surface area contributed by atoms with Crippen LogP contribution in [0.3, 0.4) is 0 Å². The quantitative estimate of drug-likeness (QED) is 0.0780. The maximum Gasteiger partial charge on any atom is 0.306 e. The highest BCUT2D eigenvalue weighted by Gasteiger charge is 2.29. The van der Waals surface area contributed by atoms with E-state index in [0.717, 1.165) is 109 Å². The van der Waals surface area contributed by atoms with Crippen LogP contribution in [-0.2, 0) is 19.1 Å². The van der Waals surface area contributed by atoms with Gasteiger partial charge in [0.15, 0.2) is 0 Å². The zero-order valence-electron chi connectivity index (χ0n) is 28.2. The number of aliphatic hydroxyl groups is 1. The molecule has 1 N–H and O–H groups in total. The van der Waals surface area contributed by atoms with Gasteiger partial charge in [0.05, 0.1) is 13.2 Å². The Labute approximate surface area is 265 Å². The smallest absolute Gasteiger partial charge is 0.306 e. The molecule has 0 aromatic heterocycles. The first-order valence-electron chi connectivity index (χ1n) is 18.8. The molecule has 0 amide bonds. The Morgan fingerprint density at radius 3 is 1.79 bits per heavy atom. The minimum Gasteiger partial charge on any atom is -0.466 e. The molecule has 0 aromatic carbocycles. The maximum atomic E-state index is 12.4. The number of hydrogen-bond donors (Lipinski definition) is 1. The molecule has 6 nitrogen and oxygen atoms in total. The molecule has 2 aliphatic carbocycles. The zero-order chi connectivity index (χ0) is 30.8. The molecule has 0 heterocycles. The van der Waals surface area contributed by atoms with Crippen LogP contribution in [0.25, 0.3) is 0 Å². The van der Waals surface area contributed by atoms with Crippen LogP contribution < -0.4 is 0 Å². The average molecular weight is 608 g/mol. The Morgan fingerprint density at radius 2 is 1.14 bits per heavy atom. The second-order valence-corrected chi connectivity index (χ2v) is 13.7. The van der Waals surface area contributed by atoms with Gasteiger partial charge in [0.25, 0.3) is 0 Å². The first-order valence-corrected chi connectivity index (χ1v) is 18.8. The Bertz CT molecular complexity index is 672. The molecule has 0 spiro atoms. The van der Waals surface area contributed by atoms with E-state index in [9.17, 15) is 14.7 Å². The number of esters is 2. The number of rotatable bonds is 26. The third-order valence-electron chi connectivity index (χ3n) is 9.97. The van der Waals surface area contributed by atoms with Crippen molar-refractivity contribution in [1.82, 2.24) is 4.90 Å². The number of unbranched alkanes of at least 4 members (excludes halogenated alkanes) is 12. The zero-order valence-corrected chi connectivity index (χ0v) is 28.2. The van der Waals surface area contributed by atoms with Crippen LogP contribution in [0.4, 0.5) is 0 Å². The van der Waals surface area contributed by atoms with Crippen LogP contribution in [0, 0.1) is 11.8 Å². The molecule has 0 bridgehead atoms. The third kappa shape index (κ3) is 19.8. The van der Waals surface area contributed by atoms with Gasteiger partial charge in [0.2, 0.25) is 0 Å². The molecule has 252 valence electrons. The molecule has 6 heteroatoms. The van der Waals surface area contributed by atoms with Crippen molar-refractivity contribution >= 4 is 11.9 Å². The lowest BCUT2D eigenvalue weighted by Gasteiger charge is -2.35. The lowest BCUT2D eigenvalue weighted by molar-refractivity contribution is -0.151. The molecule has 0 saturated heterocycles. The van der Waals surface area contributed by atoms with Crippen molar-refractivity contribution < 1.29 is 24.2 Å². The van der Waals surface area contributed by atoms with Crippen molar-refractivity contribution in [3.05, 3.63) is 0 Å². The van der Waals surface area contributed by atoms with E-state index in [-0.39, 0.29) is 24.6 Å². The third-order valence-corrected chi connectivity index (χ3v) is 9.97. The Morgan fingerprint density at radius 1 is 0.605 bits per heavy atom. The fourth-order valence-electron chi connectivity index (χ4n) is 7.24. The molecule has 0 aliphatic heterocycles. The number of ether oxygens (including phenoxy) is 2. The second kappa shape index (κ2) is 26.1. The van der Waals surface area contributed by atoms with E-state index in [1.807, 2.05) is 0 Å². The van der Waals surface area contributed by atoms with Crippen molar-refractivity contribution in [2.24, 2.45) is 11.8 Å². The monoisotopic (exact) mass is 608 g/mol. The number of hydrogen-bond acceptors (Lipinski definition) is 6. The molecule has 0 aromatic rings. The summed E-state index contributed by atoms with van der Waals surface area (Å²) >= 11 is 0. The minimum atomic E-state index is -0.0524. The van der Waals surface area contributed by atoms with Gasteiger partial charge in [-0.05, 0) is 82.7 Å². The van der Waals surface area contributed by atoms with Crippen LogP contribution in [0.15, 0.2) is 0 Å². The highest BCUT2D eigenvalue weighted by Crippen LogP contribution is 2.38. The maximum absolute atomic E-state index is 12.4. The summed E-state index contributed by atoms with van der Waals surface area (Å²) in [6.45, 7) is 5.69. The summed E-state index contributed by atoms with van der Waals surface area (Å²) in [5.41, 5.74) is 0. The van der Waals surface area contributed by atoms with Gasteiger partial charge in [-0.3, -0.25) is 9.59 Å². The van der Waals surface area contributed by atoms with Crippen molar-refractivity contribution in [2.75, 3.05) is 32.8 Å². The van der Waals surface area contributed by atoms with Gasteiger partial charge in [0, 0.05) is 19.4 Å². The molecule has 0 unspecified atom stereocenters. The Balaban J connectivity index is 1.38. The lowest BCUT2D eigenvalue weighted by Crippen LogP contribution is -2.29. The molecule has 0 radical (unpaired) electrons. The Hall–Kier alpha value is -1.14. The van der Waals surface area contributed by atoms with Crippen molar-refractivity contribution in [1.29, 1.82) is 0 Å². The second-order valence-electron chi connectivity index (χ2n) is 13.7. The highest BCUT2D eigenvalue weighted by atomic mass is 16.5. The van der Waals surface area contributed by atoms with E-state index in [4.69, 9.17) is 9.47 Å². The van der Waals surface area contributed by atoms with Gasteiger partial charge in [-0.2, -0.15) is 0 Å². The van der Waals surface area contributed by atoms with Gasteiger partial charge >= 0.3 is 11.9 Å². The van der Waals surface area contributed by atoms with E-state index in [0.29, 0.717) is 19.4 Å². The van der Waals surface area contributed by atoms with Crippen LogP contribution in [0.5, 0.6) is 0 Å². The largest absolute Gasteiger partial charge is 0.466 e. The summed E-state index contributed by atoms with van der Waals surface area (Å²) in [5, 5.41) is 9.45. The van der Waals surface area contributed by atoms with E-state index in [1.165, 1.54) is 77.0 Å². The fraction of sp³-hybridized carbons (Fsp3) is 0.946. The van der Waals surface area contributed by atoms with Crippen LogP contribution in [0.1, 0.15) is 174 Å². The summed E-state index contributed by atoms with van der Waals surface area (Å²) in [6, 6.07) is 0. The first kappa shape index (κ1) is 38.0. The lowest BCUT2D eigenvalue weighted by atomic mass is 9.73. The molecule has 2 saturated carbocycles. The van der Waals surface area contributed by atoms with Crippen LogP contribution in [0.2, 0.25) is 0 Å². The number of nitrogens with zero attached hydrogens (tertiary/aromatic N) is 1. The van der Waals surface area contributed by atoms with Crippen LogP contribution >= 0.6 is 0 Å². The predicted molar refractivity (Wildman–Crippen MR) is 177 cm³/mol. The van der Waals surface area contributed by atoms with Crippen molar-refractivity contribution in [2.45, 2.75) is 180 Å². The standard InChI is InChI=1S/C37H69NO5/c1-2-3-4-5-6-10-19-32-42-36(40)22-16-12-18-29-38(30-31-39)28-17-9-7-8-15-23-37(41)43-35-26-24-34(25-27-35)33-20-13-11-14-21-33/h33-35,39H,2-32H2,1H3. The summed E-state index contributed by atoms with van der Waals surface area (Å²) in [6.07, 6.45) is 30.0. The van der Waals surface area contributed by atoms with E-state index >= 15 is 0 Å². The van der Waals surface area contributed by atoms with E-state index in [2.05, 4.69) is 11.8 Å². The van der Waals surface area contributed by atoms with E-state index in [1.54, 1.807) is 0 Å². The molecule has 0 atom stereocenters. The summed E-state index contributed by atoms with van der Waals surface area (Å²) in [4.78, 5) is 26.7. The predicted octanol–water partition coefficient (Wildman–Crippen LogP) is 9.16. The summed E-state index contributed by atoms with van der Waals surface area (Å²) in [5.74, 6) is 1.77. The van der Waals surface area contributed by atoms with Crippen molar-refractivity contribution in [3.63, 3.8) is 0 Å². The molecule has 43 heavy (non-hydrogen) atoms. The van der Waals surface area contributed by atoms with Gasteiger partial charge in [-0.25, -0.2) is 0 Å². The number of carbonyl (C=O) groups excluding carboxylic acids is 2. The van der Waals surface area contributed by atoms with Gasteiger partial charge in [0.1, 0.15) is 6.10 Å². The fourth-order valence-corrected chi connectivity index (χ4v) is 7.24. The summed E-state index contributed by atoms with van der Waals surface area (Å²) < 4.78 is 11.2. The van der Waals surface area contributed by atoms with Gasteiger partial charge < -0.3 is 19.5 Å². The first-order chi connectivity index (χ1) is 21.1. The molecule has 2 rings (SSSR count). The minimum absolute atomic E-state index is 0.0108. The Kier molecular flexibility index (Phi) is 23.1. The van der Waals surface area contributed by atoms with E-state index < -0.39 is 0 Å². The van der Waals surface area contributed by atoms with Crippen molar-refractivity contribution in [3.8, 4) is 0 Å². The average Bonchev–Trinajstić information content (AvgIpc) is 3.02. The number of aliphatic hydroxyl groups excluding tert-OH is 1. The van der Waals surface area contributed by atoms with Gasteiger partial charge in [-0.15, -0.1) is 0 Å². The SMILES string of the molecule is CCCCCCCCCOC(=O)CCCCCN(CCO)CCCCCCCC(=O)OC1CCC(C2CCCCC2)CC1. The topological polar surface area (TPSA) is 76.1 Å². The molecular weight excluding hydrogens is 538 g/mol. The highest BCUT2D eigenvalue weighted by molar-refractivity contribution is 5.69. The van der Waals surface area contributed by atoms with Gasteiger partial charge in [-0.1, -0.05) is 103 Å². The molecular formula is C37H69NO5. The number of carbonyl (C=O) groups is 2. The summed E-state index contributed by atoms with van der Waals surface area (Å²) in [7, 11) is 0. The molecule has 2 aliphatic rings. The van der Waals surface area contributed by atoms with Crippen LogP contribution in [-0.4, -0.2) is 60.9 Å². The normalized spacial score (nSPS) is 19.5. The molecule has 2 fully saturated rings.